The molecule has 12 aromatic carbocycles. The standard InChI is InChI=1S/C38H44NO.C36H40NO.2C32H32NO/c1-22(2)19-38(20-23(3)4)31-13-11-10-12-29(31)35-32(38)17-16-28-27-15-14-25(7)34(36(27)40-37(28)35)33-18-30(24(5)6)26(8)21-39(33)9;1-20(2)28-18-31(37(9)19-24(28)8)32-23(7)14-15-25-26-16-17-30-33(35(26)38-34(25)32)27-12-10-11-13-29(27)36(30,21(3)4)22(5)6;1-18(2)23-15-28(33(7)17-20(23)4)30-19(3)12-13-22-25-14-27-24(16-29(25)34-31(22)30)21-10-8-9-11-26(21)32(27,5)6;1-18(2)25-16-27(33(7)17-20(25)4)28-19(3)12-13-23-24-15-14-22-21-10-8-9-11-26(21)32(5,6)29(22)31(24)34-30(23)28/h10-18,21-24H,19-20H2,1-9H3;10-22H,1-9H3;2*8-18H,1-7H3/q4*+1/i1D3,2D3,3D3,4D3,8D3,19D2,22D,23D,24D;3D3,4D3,5D3,8D3,20D,21D,22D;2*4D3,5D3,18D. The first kappa shape index (κ1) is 56.4. The monoisotopic (exact) mass is 1970 g/mol. The average molecular weight is 1980 g/mol. The second-order valence-electron chi connectivity index (χ2n) is 41.1. The van der Waals surface area contributed by atoms with Gasteiger partial charge in [-0.05, 0) is 250 Å². The summed E-state index contributed by atoms with van der Waals surface area (Å²) in [7, 11) is 6.93. The Labute approximate surface area is 934 Å². The first-order chi connectivity index (χ1) is 88.8. The molecule has 24 rings (SSSR count). The highest BCUT2D eigenvalue weighted by molar-refractivity contribution is 6.18. The summed E-state index contributed by atoms with van der Waals surface area (Å²) in [5, 5.41) is 5.37. The van der Waals surface area contributed by atoms with E-state index in [4.69, 9.17) is 76.6 Å². The molecule has 0 saturated carbocycles. The first-order valence-corrected chi connectivity index (χ1v) is 48.9. The zero-order chi connectivity index (χ0) is 145. The summed E-state index contributed by atoms with van der Waals surface area (Å²) in [5.74, 6) is -19.0. The van der Waals surface area contributed by atoms with Crippen molar-refractivity contribution in [3.63, 3.8) is 0 Å². The molecule has 0 amide bonds. The number of hydrogen-bond donors (Lipinski definition) is 0. The van der Waals surface area contributed by atoms with Crippen molar-refractivity contribution in [3.8, 4) is 89.5 Å². The topological polar surface area (TPSA) is 68.1 Å². The zero-order valence-corrected chi connectivity index (χ0v) is 85.2. The van der Waals surface area contributed by atoms with Crippen LogP contribution in [0.2, 0.25) is 0 Å². The van der Waals surface area contributed by atoms with Crippen molar-refractivity contribution in [2.24, 2.45) is 51.8 Å². The molecule has 5 unspecified atom stereocenters. The van der Waals surface area contributed by atoms with Gasteiger partial charge in [0.25, 0.3) is 0 Å². The van der Waals surface area contributed by atoms with Gasteiger partial charge in [-0.3, -0.25) is 0 Å². The fraction of sp³-hybridized carbons (Fsp3) is 0.333. The Morgan fingerprint density at radius 3 is 1.07 bits per heavy atom. The summed E-state index contributed by atoms with van der Waals surface area (Å²) in [4.78, 5) is 0. The SMILES string of the molecule is [2H]C([2H])([2H])c1c[n+](C)c(-c2c(C)ccc3c2oc2c4c(ccc23)-c2ccccc2C4(C)C([2H])([2H])[2H])cc1C([2H])(C)C.[2H]C([2H])([2H])c1c[n+](C)c(-c2c(C)ccc3c2oc2c4c(ccc23)C(C([2H])(C)C([2H])([2H])[2H])(C([2H])(C([2H])([2H])[2H])C([2H])([2H])[2H])c2ccccc2-4)cc1C([2H])(C)C.[2H]C([2H])([2H])c1c[n+](C)c(-c2c(C)ccc3c2oc2c4c(ccc23)C(CC([2H])(C([2H])([2H])[2H])C([2H])([2H])[2H])(C([2H])([2H])C([2H])(C([2H])([2H])[2H])C([2H])([2H])[2H])c2ccccc2-4)cc1C([2H])(C)C.[2H]C([2H])([2H])c1c[n+](C)c(-c2c(C)ccc3c2oc2cc4c(cc23)C(C)(C([2H])([2H])[2H])c2ccccc2-4)cc1C([2H])(C)C. The molecule has 146 heavy (non-hydrogen) atoms. The highest BCUT2D eigenvalue weighted by Gasteiger charge is 2.51. The van der Waals surface area contributed by atoms with E-state index in [-0.39, 0.29) is 89.1 Å². The number of nitrogens with zero attached hydrogens (tertiary/aromatic N) is 4. The molecule has 8 nitrogen and oxygen atoms in total. The quantitative estimate of drug-likeness (QED) is 0.102. The van der Waals surface area contributed by atoms with Gasteiger partial charge in [-0.25, -0.2) is 18.3 Å². The molecule has 4 aliphatic carbocycles. The summed E-state index contributed by atoms with van der Waals surface area (Å²) >= 11 is 0. The third-order valence-electron chi connectivity index (χ3n) is 30.7. The van der Waals surface area contributed by atoms with E-state index in [0.29, 0.717) is 105 Å². The normalized spacial score (nSPS) is 24.0. The van der Waals surface area contributed by atoms with Gasteiger partial charge in [-0.15, -0.1) is 0 Å². The Balaban J connectivity index is 0.000000145. The highest BCUT2D eigenvalue weighted by Crippen LogP contribution is 2.63. The van der Waals surface area contributed by atoms with Crippen LogP contribution in [0.4, 0.5) is 0 Å². The first-order valence-electron chi connectivity index (χ1n) is 73.4. The molecule has 0 spiro atoms. The maximum Gasteiger partial charge on any atom is 0.216 e. The van der Waals surface area contributed by atoms with Crippen LogP contribution in [-0.2, 0) is 49.9 Å². The minimum absolute atomic E-state index is 0.0256. The fourth-order valence-corrected chi connectivity index (χ4v) is 23.8. The van der Waals surface area contributed by atoms with Crippen molar-refractivity contribution >= 4 is 87.8 Å². The maximum atomic E-state index is 9.75. The van der Waals surface area contributed by atoms with E-state index in [2.05, 4.69) is 0 Å². The Kier molecular flexibility index (Phi) is 14.0. The molecule has 0 saturated heterocycles. The van der Waals surface area contributed by atoms with Crippen molar-refractivity contribution in [1.29, 1.82) is 0 Å². The van der Waals surface area contributed by atoms with Crippen molar-refractivity contribution in [2.75, 3.05) is 0 Å². The molecule has 0 bridgehead atoms. The molecule has 740 valence electrons. The largest absolute Gasteiger partial charge is 0.455 e. The minimum Gasteiger partial charge on any atom is -0.455 e. The number of aryl methyl sites for hydroxylation is 12. The molecule has 0 aliphatic heterocycles. The fourth-order valence-electron chi connectivity index (χ4n) is 23.8. The van der Waals surface area contributed by atoms with Gasteiger partial charge in [0, 0.05) is 195 Å². The molecule has 0 N–H and O–H groups in total. The number of pyridine rings is 4. The van der Waals surface area contributed by atoms with Crippen LogP contribution < -0.4 is 18.3 Å². The lowest BCUT2D eigenvalue weighted by Crippen LogP contribution is -2.37. The third kappa shape index (κ3) is 15.2. The number of rotatable bonds is 14. The van der Waals surface area contributed by atoms with Gasteiger partial charge in [-0.2, -0.15) is 0 Å². The second kappa shape index (κ2) is 36.2. The van der Waals surface area contributed by atoms with E-state index in [1.54, 1.807) is 190 Å². The van der Waals surface area contributed by atoms with Crippen LogP contribution >= 0.6 is 0 Å². The number of fused-ring (bicyclic) bond motifs is 27. The molecule has 20 aromatic rings. The second-order valence-corrected chi connectivity index (χ2v) is 41.1. The molecular formula is C138H148N4O4+4. The Hall–Kier alpha value is -13.6. The molecule has 8 heteroatoms. The van der Waals surface area contributed by atoms with E-state index in [1.807, 2.05) is 130 Å². The molecule has 5 atom stereocenters. The number of benzene rings is 12. The van der Waals surface area contributed by atoms with Crippen molar-refractivity contribution in [1.82, 2.24) is 0 Å². The lowest BCUT2D eigenvalue weighted by molar-refractivity contribution is -0.660. The molecule has 0 fully saturated rings. The van der Waals surface area contributed by atoms with Crippen LogP contribution in [0.1, 0.15) is 353 Å². The van der Waals surface area contributed by atoms with E-state index < -0.39 is 171 Å². The smallest absolute Gasteiger partial charge is 0.216 e. The zero-order valence-electron chi connectivity index (χ0n) is 134. The lowest BCUT2D eigenvalue weighted by Gasteiger charge is -2.40. The number of furan rings is 4. The van der Waals surface area contributed by atoms with Crippen LogP contribution in [0.15, 0.2) is 261 Å². The molecule has 8 heterocycles. The predicted octanol–water partition coefficient (Wildman–Crippen LogP) is 35.8. The highest BCUT2D eigenvalue weighted by atomic mass is 16.3. The van der Waals surface area contributed by atoms with Gasteiger partial charge in [-0.1, -0.05) is 314 Å². The van der Waals surface area contributed by atoms with Gasteiger partial charge >= 0.3 is 0 Å². The Bertz CT molecular complexity index is 11000. The number of aromatic nitrogens is 4. The van der Waals surface area contributed by atoms with Gasteiger partial charge in [0.05, 0.1) is 22.3 Å². The van der Waals surface area contributed by atoms with Crippen molar-refractivity contribution in [2.45, 2.75) is 251 Å². The van der Waals surface area contributed by atoms with E-state index in [1.165, 1.54) is 67.0 Å². The molecular weight excluding hydrogens is 1780 g/mol. The third-order valence-corrected chi connectivity index (χ3v) is 30.7. The Morgan fingerprint density at radius 2 is 0.644 bits per heavy atom. The van der Waals surface area contributed by atoms with Gasteiger partial charge in [0.2, 0.25) is 22.8 Å². The van der Waals surface area contributed by atoms with Crippen molar-refractivity contribution < 1.29 is 103 Å². The number of hydrogen-bond acceptors (Lipinski definition) is 4. The average Bonchev–Trinajstić information content (AvgIpc) is 1.49. The predicted molar refractivity (Wildman–Crippen MR) is 612 cm³/mol. The lowest BCUT2D eigenvalue weighted by atomic mass is 9.63. The van der Waals surface area contributed by atoms with Crippen LogP contribution in [0.25, 0.3) is 177 Å². The molecule has 8 aromatic heterocycles. The van der Waals surface area contributed by atoms with Gasteiger partial charge in [0.15, 0.2) is 24.8 Å². The Morgan fingerprint density at radius 1 is 0.295 bits per heavy atom. The van der Waals surface area contributed by atoms with E-state index in [9.17, 15) is 8.22 Å². The summed E-state index contributed by atoms with van der Waals surface area (Å²) in [6, 6.07) is 62.9. The van der Waals surface area contributed by atoms with Crippen LogP contribution in [0, 0.1) is 78.7 Å². The van der Waals surface area contributed by atoms with E-state index >= 15 is 0 Å². The van der Waals surface area contributed by atoms with Crippen LogP contribution in [0.3, 0.4) is 0 Å². The van der Waals surface area contributed by atoms with Crippen LogP contribution in [-0.4, -0.2) is 0 Å². The van der Waals surface area contributed by atoms with Gasteiger partial charge in [0.1, 0.15) is 72.9 Å². The molecule has 0 radical (unpaired) electrons. The summed E-state index contributed by atoms with van der Waals surface area (Å²) in [5.41, 5.74) is 11.4. The summed E-state index contributed by atoms with van der Waals surface area (Å²) < 4.78 is 452. The van der Waals surface area contributed by atoms with Gasteiger partial charge < -0.3 is 17.7 Å². The summed E-state index contributed by atoms with van der Waals surface area (Å²) in [6.07, 6.45) is 0.727. The van der Waals surface area contributed by atoms with Crippen LogP contribution in [0.5, 0.6) is 0 Å². The van der Waals surface area contributed by atoms with Crippen molar-refractivity contribution in [3.05, 3.63) is 354 Å². The minimum atomic E-state index is -4.04. The van der Waals surface area contributed by atoms with E-state index in [0.717, 1.165) is 101 Å². The maximum absolute atomic E-state index is 9.75. The summed E-state index contributed by atoms with van der Waals surface area (Å²) in [6.45, 7) is -14.9. The molecule has 4 aliphatic rings.